The van der Waals surface area contributed by atoms with E-state index >= 15 is 0 Å². The van der Waals surface area contributed by atoms with Crippen LogP contribution in [0.5, 0.6) is 0 Å². The number of hydrogen-bond donors (Lipinski definition) is 0. The quantitative estimate of drug-likeness (QED) is 0.604. The average Bonchev–Trinajstić information content (AvgIpc) is 2.83. The topological polar surface area (TPSA) is 17.8 Å². The normalized spacial score (nSPS) is 12.8. The van der Waals surface area contributed by atoms with Crippen LogP contribution in [0.1, 0.15) is 29.3 Å². The van der Waals surface area contributed by atoms with E-state index in [1.165, 1.54) is 17.2 Å². The second kappa shape index (κ2) is 5.15. The average molecular weight is 303 g/mol. The number of imidazole rings is 1. The van der Waals surface area contributed by atoms with Crippen molar-refractivity contribution in [2.24, 2.45) is 0 Å². The second-order valence-corrected chi connectivity index (χ2v) is 5.95. The zero-order valence-electron chi connectivity index (χ0n) is 12.2. The third-order valence-electron chi connectivity index (χ3n) is 3.77. The molecule has 1 unspecified atom stereocenters. The van der Waals surface area contributed by atoms with Crippen molar-refractivity contribution in [3.63, 3.8) is 0 Å². The van der Waals surface area contributed by atoms with Crippen molar-refractivity contribution in [2.45, 2.75) is 26.1 Å². The highest BCUT2D eigenvalue weighted by molar-refractivity contribution is 6.20. The maximum atomic E-state index is 14.0. The van der Waals surface area contributed by atoms with E-state index in [0.29, 0.717) is 11.3 Å². The summed E-state index contributed by atoms with van der Waals surface area (Å²) in [5.74, 6) is 0.327. The molecule has 0 aliphatic rings. The number of fused-ring (bicyclic) bond motifs is 1. The molecule has 2 nitrogen and oxygen atoms in total. The molecule has 0 spiro atoms. The standard InChI is InChI=1S/C17H16ClFN2/c1-10-7-8-13(9-11(10)2)21-15-6-4-5-14(19)16(15)20-17(21)12(3)18/h4-9,12H,1-3H3. The summed E-state index contributed by atoms with van der Waals surface area (Å²) >= 11 is 6.25. The molecule has 0 N–H and O–H groups in total. The third-order valence-corrected chi connectivity index (χ3v) is 3.96. The summed E-state index contributed by atoms with van der Waals surface area (Å²) in [5, 5.41) is -0.307. The van der Waals surface area contributed by atoms with Gasteiger partial charge in [0.25, 0.3) is 0 Å². The first-order chi connectivity index (χ1) is 9.99. The molecule has 3 rings (SSSR count). The van der Waals surface area contributed by atoms with Gasteiger partial charge in [0.15, 0.2) is 5.82 Å². The number of para-hydroxylation sites is 1. The van der Waals surface area contributed by atoms with Gasteiger partial charge in [-0.2, -0.15) is 0 Å². The van der Waals surface area contributed by atoms with E-state index in [1.54, 1.807) is 6.07 Å². The highest BCUT2D eigenvalue weighted by Gasteiger charge is 2.18. The molecule has 1 heterocycles. The van der Waals surface area contributed by atoms with Gasteiger partial charge in [0.2, 0.25) is 0 Å². The minimum atomic E-state index is -0.325. The summed E-state index contributed by atoms with van der Waals surface area (Å²) in [4.78, 5) is 4.40. The van der Waals surface area contributed by atoms with Crippen LogP contribution < -0.4 is 0 Å². The summed E-state index contributed by atoms with van der Waals surface area (Å²) < 4.78 is 15.9. The molecular formula is C17H16ClFN2. The molecule has 21 heavy (non-hydrogen) atoms. The van der Waals surface area contributed by atoms with Crippen molar-refractivity contribution >= 4 is 22.6 Å². The van der Waals surface area contributed by atoms with Gasteiger partial charge in [0.1, 0.15) is 11.3 Å². The first-order valence-electron chi connectivity index (χ1n) is 6.87. The Hall–Kier alpha value is -1.87. The fraction of sp³-hybridized carbons (Fsp3) is 0.235. The van der Waals surface area contributed by atoms with Gasteiger partial charge < -0.3 is 0 Å². The number of rotatable bonds is 2. The van der Waals surface area contributed by atoms with Gasteiger partial charge in [-0.05, 0) is 56.2 Å². The molecule has 0 bridgehead atoms. The minimum Gasteiger partial charge on any atom is -0.295 e. The molecule has 0 radical (unpaired) electrons. The zero-order valence-corrected chi connectivity index (χ0v) is 12.9. The molecule has 3 aromatic rings. The highest BCUT2D eigenvalue weighted by Crippen LogP contribution is 2.29. The van der Waals surface area contributed by atoms with Crippen LogP contribution in [0.25, 0.3) is 16.7 Å². The second-order valence-electron chi connectivity index (χ2n) is 5.30. The summed E-state index contributed by atoms with van der Waals surface area (Å²) in [6.45, 7) is 5.97. The van der Waals surface area contributed by atoms with Crippen molar-refractivity contribution in [3.05, 3.63) is 59.2 Å². The molecule has 0 amide bonds. The van der Waals surface area contributed by atoms with E-state index in [-0.39, 0.29) is 11.2 Å². The van der Waals surface area contributed by atoms with E-state index in [4.69, 9.17) is 11.6 Å². The maximum absolute atomic E-state index is 14.0. The molecule has 0 saturated carbocycles. The van der Waals surface area contributed by atoms with Crippen molar-refractivity contribution in [1.82, 2.24) is 9.55 Å². The minimum absolute atomic E-state index is 0.307. The largest absolute Gasteiger partial charge is 0.295 e. The number of alkyl halides is 1. The van der Waals surface area contributed by atoms with E-state index in [2.05, 4.69) is 31.0 Å². The molecule has 1 atom stereocenters. The van der Waals surface area contributed by atoms with Gasteiger partial charge in [-0.1, -0.05) is 12.1 Å². The highest BCUT2D eigenvalue weighted by atomic mass is 35.5. The fourth-order valence-corrected chi connectivity index (χ4v) is 2.63. The SMILES string of the molecule is Cc1ccc(-n2c(C(C)Cl)nc3c(F)cccc32)cc1C. The Bertz CT molecular complexity index is 821. The number of aromatic nitrogens is 2. The number of benzene rings is 2. The smallest absolute Gasteiger partial charge is 0.151 e. The van der Waals surface area contributed by atoms with Crippen LogP contribution in [0.3, 0.4) is 0 Å². The van der Waals surface area contributed by atoms with Crippen LogP contribution in [0.2, 0.25) is 0 Å². The lowest BCUT2D eigenvalue weighted by molar-refractivity contribution is 0.637. The van der Waals surface area contributed by atoms with Gasteiger partial charge in [0.05, 0.1) is 10.9 Å². The molecule has 108 valence electrons. The molecule has 4 heteroatoms. The van der Waals surface area contributed by atoms with E-state index in [0.717, 1.165) is 11.2 Å². The molecule has 0 aliphatic carbocycles. The molecular weight excluding hydrogens is 287 g/mol. The van der Waals surface area contributed by atoms with Gasteiger partial charge in [-0.15, -0.1) is 11.6 Å². The Balaban J connectivity index is 2.36. The lowest BCUT2D eigenvalue weighted by Crippen LogP contribution is -2.02. The lowest BCUT2D eigenvalue weighted by Gasteiger charge is -2.12. The Morgan fingerprint density at radius 1 is 1.14 bits per heavy atom. The monoisotopic (exact) mass is 302 g/mol. The van der Waals surface area contributed by atoms with Gasteiger partial charge in [-0.3, -0.25) is 4.57 Å². The van der Waals surface area contributed by atoms with E-state index in [1.807, 2.05) is 23.6 Å². The number of hydrogen-bond acceptors (Lipinski definition) is 1. The first-order valence-corrected chi connectivity index (χ1v) is 7.31. The zero-order chi connectivity index (χ0) is 15.1. The number of nitrogens with zero attached hydrogens (tertiary/aromatic N) is 2. The first kappa shape index (κ1) is 14.1. The number of aryl methyl sites for hydroxylation is 2. The van der Waals surface area contributed by atoms with Gasteiger partial charge in [-0.25, -0.2) is 9.37 Å². The van der Waals surface area contributed by atoms with Crippen LogP contribution >= 0.6 is 11.6 Å². The van der Waals surface area contributed by atoms with Crippen LogP contribution in [0.4, 0.5) is 4.39 Å². The summed E-state index contributed by atoms with van der Waals surface area (Å²) in [7, 11) is 0. The predicted molar refractivity (Wildman–Crippen MR) is 84.8 cm³/mol. The fourth-order valence-electron chi connectivity index (χ4n) is 2.49. The van der Waals surface area contributed by atoms with Crippen molar-refractivity contribution in [2.75, 3.05) is 0 Å². The Kier molecular flexibility index (Phi) is 3.46. The van der Waals surface area contributed by atoms with Crippen molar-refractivity contribution in [3.8, 4) is 5.69 Å². The maximum Gasteiger partial charge on any atom is 0.151 e. The molecule has 0 aliphatic heterocycles. The predicted octanol–water partition coefficient (Wildman–Crippen LogP) is 5.08. The van der Waals surface area contributed by atoms with Crippen molar-refractivity contribution < 1.29 is 4.39 Å². The van der Waals surface area contributed by atoms with Gasteiger partial charge >= 0.3 is 0 Å². The Morgan fingerprint density at radius 3 is 2.57 bits per heavy atom. The van der Waals surface area contributed by atoms with E-state index in [9.17, 15) is 4.39 Å². The third kappa shape index (κ3) is 2.32. The molecule has 2 aromatic carbocycles. The van der Waals surface area contributed by atoms with Crippen LogP contribution in [0.15, 0.2) is 36.4 Å². The Morgan fingerprint density at radius 2 is 1.90 bits per heavy atom. The lowest BCUT2D eigenvalue weighted by atomic mass is 10.1. The van der Waals surface area contributed by atoms with E-state index < -0.39 is 0 Å². The van der Waals surface area contributed by atoms with Crippen LogP contribution in [-0.2, 0) is 0 Å². The summed E-state index contributed by atoms with van der Waals surface area (Å²) in [6.07, 6.45) is 0. The van der Waals surface area contributed by atoms with Crippen molar-refractivity contribution in [1.29, 1.82) is 0 Å². The summed E-state index contributed by atoms with van der Waals surface area (Å²) in [6, 6.07) is 11.1. The number of halogens is 2. The molecule has 0 fully saturated rings. The summed E-state index contributed by atoms with van der Waals surface area (Å²) in [5.41, 5.74) is 4.45. The van der Waals surface area contributed by atoms with Crippen LogP contribution in [-0.4, -0.2) is 9.55 Å². The molecule has 1 aromatic heterocycles. The Labute approximate surface area is 128 Å². The van der Waals surface area contributed by atoms with Crippen LogP contribution in [0, 0.1) is 19.7 Å². The molecule has 0 saturated heterocycles. The van der Waals surface area contributed by atoms with Gasteiger partial charge in [0, 0.05) is 5.69 Å².